The van der Waals surface area contributed by atoms with Gasteiger partial charge in [0, 0.05) is 6.61 Å². The zero-order valence-electron chi connectivity index (χ0n) is 9.99. The summed E-state index contributed by atoms with van der Waals surface area (Å²) in [5.41, 5.74) is 5.48. The lowest BCUT2D eigenvalue weighted by Crippen LogP contribution is -2.36. The smallest absolute Gasteiger partial charge is 0.0459 e. The summed E-state index contributed by atoms with van der Waals surface area (Å²) in [6, 6.07) is 0. The maximum Gasteiger partial charge on any atom is 0.0459 e. The molecule has 0 amide bonds. The monoisotopic (exact) mass is 214 g/mol. The lowest BCUT2D eigenvalue weighted by molar-refractivity contribution is 0.115. The molecule has 1 saturated heterocycles. The number of nitrogens with zero attached hydrogens (tertiary/aromatic N) is 1. The molecule has 0 aliphatic carbocycles. The molecule has 0 spiro atoms. The van der Waals surface area contributed by atoms with Gasteiger partial charge in [0.1, 0.15) is 0 Å². The number of hydrogen-bond acceptors (Lipinski definition) is 3. The van der Waals surface area contributed by atoms with Crippen molar-refractivity contribution in [3.63, 3.8) is 0 Å². The first-order valence-electron chi connectivity index (χ1n) is 6.31. The van der Waals surface area contributed by atoms with Crippen molar-refractivity contribution in [3.8, 4) is 0 Å². The molecular formula is C12H26N2O. The van der Waals surface area contributed by atoms with Crippen LogP contribution in [0.5, 0.6) is 0 Å². The number of unbranched alkanes of at least 4 members (excludes halogenated alkanes) is 1. The fourth-order valence-electron chi connectivity index (χ4n) is 2.37. The highest BCUT2D eigenvalue weighted by Gasteiger charge is 2.22. The van der Waals surface area contributed by atoms with Crippen LogP contribution in [0, 0.1) is 11.8 Å². The highest BCUT2D eigenvalue weighted by molar-refractivity contribution is 4.75. The van der Waals surface area contributed by atoms with E-state index in [1.165, 1.54) is 38.9 Å². The third kappa shape index (κ3) is 4.49. The Morgan fingerprint density at radius 1 is 1.33 bits per heavy atom. The summed E-state index contributed by atoms with van der Waals surface area (Å²) < 4.78 is 0. The molecule has 3 heteroatoms. The summed E-state index contributed by atoms with van der Waals surface area (Å²) in [4.78, 5) is 2.54. The Hall–Kier alpha value is -0.120. The molecule has 0 aromatic heterocycles. The van der Waals surface area contributed by atoms with E-state index in [9.17, 15) is 0 Å². The standard InChI is InChI=1S/C12H26N2O/c1-11(10-15)12-4-8-14(9-5-12)7-3-2-6-13/h11-12,15H,2-10,13H2,1H3/t11-/m0/s1. The van der Waals surface area contributed by atoms with E-state index in [0.29, 0.717) is 12.5 Å². The zero-order chi connectivity index (χ0) is 11.1. The Morgan fingerprint density at radius 2 is 2.00 bits per heavy atom. The van der Waals surface area contributed by atoms with Crippen LogP contribution in [0.1, 0.15) is 32.6 Å². The zero-order valence-corrected chi connectivity index (χ0v) is 9.99. The number of likely N-dealkylation sites (tertiary alicyclic amines) is 1. The number of aliphatic hydroxyl groups excluding tert-OH is 1. The molecule has 15 heavy (non-hydrogen) atoms. The molecule has 1 atom stereocenters. The van der Waals surface area contributed by atoms with E-state index in [1.807, 2.05) is 0 Å². The molecule has 1 aliphatic rings. The van der Waals surface area contributed by atoms with Gasteiger partial charge in [-0.05, 0) is 63.7 Å². The van der Waals surface area contributed by atoms with E-state index in [-0.39, 0.29) is 0 Å². The molecule has 0 aromatic carbocycles. The molecule has 0 aromatic rings. The number of nitrogens with two attached hydrogens (primary N) is 1. The minimum atomic E-state index is 0.345. The molecule has 1 fully saturated rings. The Kier molecular flexibility index (Phi) is 6.22. The Labute approximate surface area is 93.6 Å². The van der Waals surface area contributed by atoms with Gasteiger partial charge in [-0.25, -0.2) is 0 Å². The summed E-state index contributed by atoms with van der Waals surface area (Å²) in [6.07, 6.45) is 4.89. The van der Waals surface area contributed by atoms with Crippen molar-refractivity contribution in [1.29, 1.82) is 0 Å². The first-order valence-corrected chi connectivity index (χ1v) is 6.31. The number of aliphatic hydroxyl groups is 1. The molecule has 0 unspecified atom stereocenters. The van der Waals surface area contributed by atoms with Crippen LogP contribution in [0.2, 0.25) is 0 Å². The van der Waals surface area contributed by atoms with Gasteiger partial charge in [0.15, 0.2) is 0 Å². The molecular weight excluding hydrogens is 188 g/mol. The van der Waals surface area contributed by atoms with E-state index < -0.39 is 0 Å². The normalized spacial score (nSPS) is 21.8. The minimum absolute atomic E-state index is 0.345. The lowest BCUT2D eigenvalue weighted by atomic mass is 9.86. The van der Waals surface area contributed by atoms with Gasteiger partial charge in [0.25, 0.3) is 0 Å². The van der Waals surface area contributed by atoms with E-state index >= 15 is 0 Å². The molecule has 0 saturated carbocycles. The van der Waals surface area contributed by atoms with Crippen molar-refractivity contribution in [3.05, 3.63) is 0 Å². The SMILES string of the molecule is C[C@@H](CO)C1CCN(CCCCN)CC1. The maximum atomic E-state index is 9.10. The van der Waals surface area contributed by atoms with Crippen LogP contribution in [0.15, 0.2) is 0 Å². The van der Waals surface area contributed by atoms with E-state index in [4.69, 9.17) is 10.8 Å². The molecule has 90 valence electrons. The Balaban J connectivity index is 2.12. The Bertz CT molecular complexity index is 156. The second kappa shape index (κ2) is 7.20. The van der Waals surface area contributed by atoms with Gasteiger partial charge in [-0.15, -0.1) is 0 Å². The quantitative estimate of drug-likeness (QED) is 0.650. The van der Waals surface area contributed by atoms with Crippen LogP contribution in [0.25, 0.3) is 0 Å². The number of hydrogen-bond donors (Lipinski definition) is 2. The van der Waals surface area contributed by atoms with Gasteiger partial charge in [-0.2, -0.15) is 0 Å². The van der Waals surface area contributed by atoms with Crippen LogP contribution in [-0.4, -0.2) is 42.8 Å². The third-order valence-corrected chi connectivity index (χ3v) is 3.65. The van der Waals surface area contributed by atoms with Crippen molar-refractivity contribution in [1.82, 2.24) is 4.90 Å². The van der Waals surface area contributed by atoms with Crippen molar-refractivity contribution < 1.29 is 5.11 Å². The van der Waals surface area contributed by atoms with Crippen molar-refractivity contribution in [2.45, 2.75) is 32.6 Å². The van der Waals surface area contributed by atoms with Gasteiger partial charge in [0.05, 0.1) is 0 Å². The van der Waals surface area contributed by atoms with Crippen LogP contribution in [0.3, 0.4) is 0 Å². The number of piperidine rings is 1. The van der Waals surface area contributed by atoms with E-state index in [1.54, 1.807) is 0 Å². The first-order chi connectivity index (χ1) is 7.27. The highest BCUT2D eigenvalue weighted by atomic mass is 16.3. The second-order valence-corrected chi connectivity index (χ2v) is 4.83. The van der Waals surface area contributed by atoms with Crippen LogP contribution in [-0.2, 0) is 0 Å². The van der Waals surface area contributed by atoms with Gasteiger partial charge in [-0.3, -0.25) is 0 Å². The third-order valence-electron chi connectivity index (χ3n) is 3.65. The van der Waals surface area contributed by atoms with Crippen molar-refractivity contribution in [2.75, 3.05) is 32.8 Å². The van der Waals surface area contributed by atoms with Crippen LogP contribution >= 0.6 is 0 Å². The highest BCUT2D eigenvalue weighted by Crippen LogP contribution is 2.24. The molecule has 0 radical (unpaired) electrons. The molecule has 0 bridgehead atoms. The first kappa shape index (κ1) is 12.9. The molecule has 3 N–H and O–H groups in total. The second-order valence-electron chi connectivity index (χ2n) is 4.83. The predicted octanol–water partition coefficient (Wildman–Crippen LogP) is 1.07. The van der Waals surface area contributed by atoms with Crippen LogP contribution in [0.4, 0.5) is 0 Å². The van der Waals surface area contributed by atoms with Crippen molar-refractivity contribution in [2.24, 2.45) is 17.6 Å². The minimum Gasteiger partial charge on any atom is -0.396 e. The van der Waals surface area contributed by atoms with Gasteiger partial charge >= 0.3 is 0 Å². The summed E-state index contributed by atoms with van der Waals surface area (Å²) in [6.45, 7) is 6.95. The lowest BCUT2D eigenvalue weighted by Gasteiger charge is -2.34. The summed E-state index contributed by atoms with van der Waals surface area (Å²) >= 11 is 0. The molecule has 1 heterocycles. The molecule has 3 nitrogen and oxygen atoms in total. The largest absolute Gasteiger partial charge is 0.396 e. The average Bonchev–Trinajstić information content (AvgIpc) is 2.29. The molecule has 1 aliphatic heterocycles. The summed E-state index contributed by atoms with van der Waals surface area (Å²) in [5, 5.41) is 9.10. The molecule has 1 rings (SSSR count). The Morgan fingerprint density at radius 3 is 2.53 bits per heavy atom. The summed E-state index contributed by atoms with van der Waals surface area (Å²) in [7, 11) is 0. The summed E-state index contributed by atoms with van der Waals surface area (Å²) in [5.74, 6) is 1.22. The van der Waals surface area contributed by atoms with Gasteiger partial charge in [0.2, 0.25) is 0 Å². The fourth-order valence-corrected chi connectivity index (χ4v) is 2.37. The fraction of sp³-hybridized carbons (Fsp3) is 1.00. The van der Waals surface area contributed by atoms with Gasteiger partial charge < -0.3 is 15.7 Å². The average molecular weight is 214 g/mol. The number of rotatable bonds is 6. The van der Waals surface area contributed by atoms with E-state index in [2.05, 4.69) is 11.8 Å². The topological polar surface area (TPSA) is 49.5 Å². The predicted molar refractivity (Wildman–Crippen MR) is 63.7 cm³/mol. The van der Waals surface area contributed by atoms with Gasteiger partial charge in [-0.1, -0.05) is 6.92 Å². The van der Waals surface area contributed by atoms with Crippen LogP contribution < -0.4 is 5.73 Å². The maximum absolute atomic E-state index is 9.10. The van der Waals surface area contributed by atoms with Crippen molar-refractivity contribution >= 4 is 0 Å². The van der Waals surface area contributed by atoms with E-state index in [0.717, 1.165) is 18.9 Å².